The van der Waals surface area contributed by atoms with Crippen LogP contribution in [-0.4, -0.2) is 35.3 Å². The Morgan fingerprint density at radius 1 is 1.44 bits per heavy atom. The summed E-state index contributed by atoms with van der Waals surface area (Å²) in [6, 6.07) is 0. The van der Waals surface area contributed by atoms with Gasteiger partial charge in [0, 0.05) is 6.42 Å². The van der Waals surface area contributed by atoms with E-state index in [-0.39, 0.29) is 11.3 Å². The van der Waals surface area contributed by atoms with Gasteiger partial charge in [-0.05, 0) is 19.9 Å². The van der Waals surface area contributed by atoms with Crippen molar-refractivity contribution in [2.24, 2.45) is 4.99 Å². The van der Waals surface area contributed by atoms with Gasteiger partial charge in [-0.1, -0.05) is 29.8 Å². The third kappa shape index (κ3) is 8.94. The van der Waals surface area contributed by atoms with Gasteiger partial charge in [-0.15, -0.1) is 0 Å². The average Bonchev–Trinajstić information content (AvgIpc) is 2.14. The molecule has 0 saturated carbocycles. The lowest BCUT2D eigenvalue weighted by Crippen LogP contribution is -2.17. The van der Waals surface area contributed by atoms with Crippen molar-refractivity contribution in [1.29, 1.82) is 0 Å². The van der Waals surface area contributed by atoms with E-state index in [1.165, 1.54) is 6.08 Å². The average molecular weight is 221 g/mol. The fourth-order valence-electron chi connectivity index (χ4n) is 0.909. The van der Waals surface area contributed by atoms with Crippen LogP contribution in [0.25, 0.3) is 0 Å². The lowest BCUT2D eigenvalue weighted by molar-refractivity contribution is -0.350. The number of nitrogens with zero attached hydrogens (tertiary/aromatic N) is 2. The van der Waals surface area contributed by atoms with Crippen LogP contribution in [0.5, 0.6) is 0 Å². The molecule has 0 aromatic rings. The van der Waals surface area contributed by atoms with Crippen molar-refractivity contribution in [3.05, 3.63) is 36.6 Å². The minimum absolute atomic E-state index is 0.0561. The molecule has 3 heteroatoms. The molecule has 0 fully saturated rings. The molecule has 0 spiro atoms. The van der Waals surface area contributed by atoms with E-state index in [0.717, 1.165) is 6.42 Å². The van der Waals surface area contributed by atoms with Crippen LogP contribution < -0.4 is 0 Å². The highest BCUT2D eigenvalue weighted by Crippen LogP contribution is 2.14. The maximum absolute atomic E-state index is 8.81. The molecule has 0 amide bonds. The van der Waals surface area contributed by atoms with Crippen molar-refractivity contribution in [3.63, 3.8) is 0 Å². The zero-order chi connectivity index (χ0) is 12.6. The largest absolute Gasteiger partial charge is 0.509 e. The van der Waals surface area contributed by atoms with Crippen LogP contribution in [0.3, 0.4) is 0 Å². The number of rotatable bonds is 6. The van der Waals surface area contributed by atoms with Gasteiger partial charge in [0.25, 0.3) is 6.34 Å². The predicted octanol–water partition coefficient (Wildman–Crippen LogP) is 2.71. The summed E-state index contributed by atoms with van der Waals surface area (Å²) >= 11 is 0. The van der Waals surface area contributed by atoms with Gasteiger partial charge in [-0.3, -0.25) is 0 Å². The van der Waals surface area contributed by atoms with Crippen molar-refractivity contribution in [3.8, 4) is 0 Å². The zero-order valence-corrected chi connectivity index (χ0v) is 10.3. The Hall–Kier alpha value is -1.64. The molecule has 0 saturated heterocycles. The molecule has 0 atom stereocenters. The first-order valence-electron chi connectivity index (χ1n) is 5.13. The van der Waals surface area contributed by atoms with Crippen LogP contribution in [0.1, 0.15) is 20.3 Å². The molecule has 0 radical (unpaired) electrons. The number of aliphatic hydroxyl groups is 1. The normalized spacial score (nSPS) is 12.9. The maximum Gasteiger partial charge on any atom is 0.279 e. The summed E-state index contributed by atoms with van der Waals surface area (Å²) in [7, 11) is 1.84. The van der Waals surface area contributed by atoms with E-state index in [2.05, 4.69) is 18.3 Å². The molecule has 1 N–H and O–H groups in total. The van der Waals surface area contributed by atoms with E-state index < -0.39 is 0 Å². The number of hydrogen-bond acceptors (Lipinski definition) is 2. The van der Waals surface area contributed by atoms with E-state index in [1.807, 2.05) is 33.0 Å². The molecule has 16 heavy (non-hydrogen) atoms. The van der Waals surface area contributed by atoms with Crippen LogP contribution >= 0.6 is 0 Å². The second-order valence-electron chi connectivity index (χ2n) is 4.30. The summed E-state index contributed by atoms with van der Waals surface area (Å²) in [5, 5.41) is 8.81. The summed E-state index contributed by atoms with van der Waals surface area (Å²) in [6.07, 6.45) is 9.68. The fraction of sp³-hybridized carbons (Fsp3) is 0.385. The van der Waals surface area contributed by atoms with Crippen LogP contribution in [0.4, 0.5) is 0 Å². The van der Waals surface area contributed by atoms with Crippen molar-refractivity contribution >= 4 is 13.1 Å². The SMILES string of the molecule is C=C(O)/C=C\C=C/CC(C)(C)/N=C\[N+](=C)C. The molecular weight excluding hydrogens is 200 g/mol. The predicted molar refractivity (Wildman–Crippen MR) is 70.5 cm³/mol. The van der Waals surface area contributed by atoms with Gasteiger partial charge in [0.1, 0.15) is 11.3 Å². The first kappa shape index (κ1) is 14.4. The van der Waals surface area contributed by atoms with Gasteiger partial charge in [0.15, 0.2) is 0 Å². The minimum atomic E-state index is -0.146. The van der Waals surface area contributed by atoms with E-state index in [1.54, 1.807) is 17.0 Å². The van der Waals surface area contributed by atoms with E-state index >= 15 is 0 Å². The quantitative estimate of drug-likeness (QED) is 0.242. The van der Waals surface area contributed by atoms with Gasteiger partial charge >= 0.3 is 0 Å². The highest BCUT2D eigenvalue weighted by molar-refractivity contribution is 5.48. The molecule has 88 valence electrons. The van der Waals surface area contributed by atoms with E-state index in [9.17, 15) is 0 Å². The zero-order valence-electron chi connectivity index (χ0n) is 10.3. The molecule has 0 aromatic carbocycles. The molecule has 0 rings (SSSR count). The minimum Gasteiger partial charge on any atom is -0.509 e. The smallest absolute Gasteiger partial charge is 0.279 e. The van der Waals surface area contributed by atoms with Crippen molar-refractivity contribution in [2.45, 2.75) is 25.8 Å². The first-order valence-corrected chi connectivity index (χ1v) is 5.13. The first-order chi connectivity index (χ1) is 7.33. The van der Waals surface area contributed by atoms with Crippen LogP contribution in [0.15, 0.2) is 41.6 Å². The Labute approximate surface area is 97.8 Å². The van der Waals surface area contributed by atoms with E-state index in [4.69, 9.17) is 5.11 Å². The standard InChI is InChI=1S/C13H20N2O/c1-12(16)9-7-6-8-10-13(2,3)14-11-15(4)5/h6-9,11H,1,4,10H2,2-3,5H3/p+1/b8-6-,9-7-,14-11-. The third-order valence-corrected chi connectivity index (χ3v) is 1.76. The van der Waals surface area contributed by atoms with Gasteiger partial charge in [0.2, 0.25) is 0 Å². The van der Waals surface area contributed by atoms with Crippen molar-refractivity contribution in [1.82, 2.24) is 0 Å². The molecule has 0 aliphatic carbocycles. The second kappa shape index (κ2) is 6.77. The molecule has 0 aromatic heterocycles. The van der Waals surface area contributed by atoms with Gasteiger partial charge in [-0.25, -0.2) is 4.58 Å². The number of allylic oxidation sites excluding steroid dienone is 3. The molecule has 0 heterocycles. The number of aliphatic hydroxyl groups excluding tert-OH is 1. The Morgan fingerprint density at radius 3 is 2.56 bits per heavy atom. The summed E-state index contributed by atoms with van der Waals surface area (Å²) < 4.78 is 1.67. The van der Waals surface area contributed by atoms with Crippen LogP contribution in [0, 0.1) is 0 Å². The topological polar surface area (TPSA) is 35.6 Å². The van der Waals surface area contributed by atoms with Gasteiger partial charge in [-0.2, -0.15) is 0 Å². The van der Waals surface area contributed by atoms with Crippen molar-refractivity contribution < 1.29 is 9.68 Å². The molecule has 0 bridgehead atoms. The number of aliphatic imine (C=N–C) groups is 1. The molecule has 3 nitrogen and oxygen atoms in total. The Morgan fingerprint density at radius 2 is 2.06 bits per heavy atom. The van der Waals surface area contributed by atoms with Gasteiger partial charge < -0.3 is 5.11 Å². The highest BCUT2D eigenvalue weighted by atomic mass is 16.3. The summed E-state index contributed by atoms with van der Waals surface area (Å²) in [6.45, 7) is 11.1. The Balaban J connectivity index is 4.18. The Kier molecular flexibility index (Phi) is 6.08. The fourth-order valence-corrected chi connectivity index (χ4v) is 0.909. The van der Waals surface area contributed by atoms with Crippen LogP contribution in [-0.2, 0) is 0 Å². The molecular formula is C13H21N2O+. The molecule has 0 unspecified atom stereocenters. The van der Waals surface area contributed by atoms with Crippen LogP contribution in [0.2, 0.25) is 0 Å². The maximum atomic E-state index is 8.81. The van der Waals surface area contributed by atoms with Gasteiger partial charge in [0.05, 0.1) is 13.8 Å². The second-order valence-corrected chi connectivity index (χ2v) is 4.30. The summed E-state index contributed by atoms with van der Waals surface area (Å²) in [5.41, 5.74) is -0.146. The molecule has 0 aliphatic rings. The third-order valence-electron chi connectivity index (χ3n) is 1.76. The lowest BCUT2D eigenvalue weighted by Gasteiger charge is -2.09. The van der Waals surface area contributed by atoms with E-state index in [0.29, 0.717) is 0 Å². The molecule has 0 aliphatic heterocycles. The summed E-state index contributed by atoms with van der Waals surface area (Å²) in [4.78, 5) is 4.38. The highest BCUT2D eigenvalue weighted by Gasteiger charge is 2.19. The summed E-state index contributed by atoms with van der Waals surface area (Å²) in [5.74, 6) is 0.0561. The van der Waals surface area contributed by atoms with Crippen molar-refractivity contribution in [2.75, 3.05) is 7.05 Å². The monoisotopic (exact) mass is 221 g/mol. The lowest BCUT2D eigenvalue weighted by atomic mass is 10.0. The number of hydrogen-bond donors (Lipinski definition) is 1. The Bertz CT molecular complexity index is 336.